The molecular formula is C28H29N5O. The molecule has 0 unspecified atom stereocenters. The van der Waals surface area contributed by atoms with E-state index in [0.29, 0.717) is 11.3 Å². The summed E-state index contributed by atoms with van der Waals surface area (Å²) in [5, 5.41) is 22.7. The van der Waals surface area contributed by atoms with Crippen molar-refractivity contribution in [1.82, 2.24) is 15.2 Å². The maximum Gasteiger partial charge on any atom is 0.252 e. The van der Waals surface area contributed by atoms with Crippen molar-refractivity contribution in [2.45, 2.75) is 57.0 Å². The molecule has 1 saturated carbocycles. The smallest absolute Gasteiger partial charge is 0.252 e. The van der Waals surface area contributed by atoms with E-state index in [1.165, 1.54) is 17.5 Å². The third-order valence-electron chi connectivity index (χ3n) is 7.55. The van der Waals surface area contributed by atoms with Crippen LogP contribution in [0.25, 0.3) is 10.9 Å². The molecule has 2 aliphatic rings. The summed E-state index contributed by atoms with van der Waals surface area (Å²) < 4.78 is 0. The Morgan fingerprint density at radius 1 is 1.06 bits per heavy atom. The molecule has 6 nitrogen and oxygen atoms in total. The van der Waals surface area contributed by atoms with Gasteiger partial charge in [0.1, 0.15) is 11.8 Å². The zero-order valence-electron chi connectivity index (χ0n) is 19.4. The van der Waals surface area contributed by atoms with Crippen molar-refractivity contribution in [3.05, 3.63) is 70.4 Å². The minimum absolute atomic E-state index is 0.0568. The number of amides is 1. The number of carbonyl (C=O) groups excluding carboxylic acids is 1. The number of hydrogen-bond donors (Lipinski definition) is 2. The molecule has 1 aromatic heterocycles. The van der Waals surface area contributed by atoms with E-state index in [1.54, 1.807) is 6.07 Å². The second-order valence-corrected chi connectivity index (χ2v) is 9.73. The first-order valence-electron chi connectivity index (χ1n) is 12.2. The molecular weight excluding hydrogens is 422 g/mol. The second-order valence-electron chi connectivity index (χ2n) is 9.73. The Balaban J connectivity index is 1.32. The number of benzene rings is 2. The maximum absolute atomic E-state index is 13.5. The van der Waals surface area contributed by atoms with Crippen molar-refractivity contribution in [2.24, 2.45) is 0 Å². The third-order valence-corrected chi connectivity index (χ3v) is 7.55. The van der Waals surface area contributed by atoms with Crippen molar-refractivity contribution in [1.29, 1.82) is 10.5 Å². The van der Waals surface area contributed by atoms with Gasteiger partial charge in [-0.05, 0) is 67.1 Å². The number of H-pyrrole nitrogens is 1. The van der Waals surface area contributed by atoms with E-state index in [0.717, 1.165) is 74.6 Å². The zero-order valence-corrected chi connectivity index (χ0v) is 19.4. The number of hydrogen-bond acceptors (Lipinski definition) is 4. The monoisotopic (exact) mass is 451 g/mol. The van der Waals surface area contributed by atoms with Gasteiger partial charge in [-0.2, -0.15) is 10.5 Å². The lowest BCUT2D eigenvalue weighted by Crippen LogP contribution is -2.51. The van der Waals surface area contributed by atoms with Gasteiger partial charge in [0.15, 0.2) is 0 Å². The Morgan fingerprint density at radius 3 is 2.71 bits per heavy atom. The number of fused-ring (bicyclic) bond motifs is 2. The molecule has 6 heteroatoms. The SMILES string of the molecule is N#Cc1ccc2c(c1)CN(CCC1(NC(=O)c3cccc4[nH]c(C#N)cc34)CCCCC1)CC2. The van der Waals surface area contributed by atoms with Gasteiger partial charge in [0, 0.05) is 41.6 Å². The highest BCUT2D eigenvalue weighted by atomic mass is 16.1. The summed E-state index contributed by atoms with van der Waals surface area (Å²) in [6, 6.07) is 17.8. The van der Waals surface area contributed by atoms with Crippen molar-refractivity contribution in [3.63, 3.8) is 0 Å². The predicted molar refractivity (Wildman–Crippen MR) is 131 cm³/mol. The van der Waals surface area contributed by atoms with Gasteiger partial charge in [-0.15, -0.1) is 0 Å². The minimum Gasteiger partial charge on any atom is -0.347 e. The van der Waals surface area contributed by atoms with Crippen LogP contribution in [0.2, 0.25) is 0 Å². The van der Waals surface area contributed by atoms with Crippen LogP contribution in [0.4, 0.5) is 0 Å². The first kappa shape index (κ1) is 22.2. The van der Waals surface area contributed by atoms with Crippen LogP contribution in [0.3, 0.4) is 0 Å². The normalized spacial score (nSPS) is 17.5. The summed E-state index contributed by atoms with van der Waals surface area (Å²) in [6.07, 6.45) is 7.37. The van der Waals surface area contributed by atoms with Crippen LogP contribution in [-0.2, 0) is 13.0 Å². The Morgan fingerprint density at radius 2 is 1.91 bits per heavy atom. The summed E-state index contributed by atoms with van der Waals surface area (Å²) in [5.41, 5.74) is 5.00. The summed E-state index contributed by atoms with van der Waals surface area (Å²) >= 11 is 0. The highest BCUT2D eigenvalue weighted by Gasteiger charge is 2.34. The number of nitriles is 2. The number of nitrogens with one attached hydrogen (secondary N) is 2. The van der Waals surface area contributed by atoms with Gasteiger partial charge in [0.05, 0.1) is 11.6 Å². The molecule has 0 atom stereocenters. The Kier molecular flexibility index (Phi) is 6.09. The highest BCUT2D eigenvalue weighted by Crippen LogP contribution is 2.33. The Bertz CT molecular complexity index is 1300. The van der Waals surface area contributed by atoms with Crippen LogP contribution in [0.15, 0.2) is 42.5 Å². The van der Waals surface area contributed by atoms with Crippen LogP contribution in [0.5, 0.6) is 0 Å². The van der Waals surface area contributed by atoms with Crippen LogP contribution < -0.4 is 5.32 Å². The molecule has 0 saturated heterocycles. The second kappa shape index (κ2) is 9.33. The molecule has 3 aromatic rings. The average molecular weight is 452 g/mol. The Hall–Kier alpha value is -3.61. The molecule has 2 heterocycles. The van der Waals surface area contributed by atoms with Crippen LogP contribution >= 0.6 is 0 Å². The number of aromatic nitrogens is 1. The molecule has 1 fully saturated rings. The molecule has 1 amide bonds. The fourth-order valence-corrected chi connectivity index (χ4v) is 5.64. The van der Waals surface area contributed by atoms with E-state index in [9.17, 15) is 15.3 Å². The first-order chi connectivity index (χ1) is 16.6. The fourth-order valence-electron chi connectivity index (χ4n) is 5.64. The molecule has 0 spiro atoms. The number of aromatic amines is 1. The predicted octanol–water partition coefficient (Wildman–Crippen LogP) is 4.79. The van der Waals surface area contributed by atoms with Crippen molar-refractivity contribution < 1.29 is 4.79 Å². The summed E-state index contributed by atoms with van der Waals surface area (Å²) in [7, 11) is 0. The van der Waals surface area contributed by atoms with E-state index in [4.69, 9.17) is 0 Å². The molecule has 2 N–H and O–H groups in total. The van der Waals surface area contributed by atoms with Gasteiger partial charge >= 0.3 is 0 Å². The molecule has 0 bridgehead atoms. The molecule has 172 valence electrons. The fraction of sp³-hybridized carbons (Fsp3) is 0.393. The number of rotatable bonds is 5. The van der Waals surface area contributed by atoms with E-state index >= 15 is 0 Å². The summed E-state index contributed by atoms with van der Waals surface area (Å²) in [6.45, 7) is 2.78. The van der Waals surface area contributed by atoms with Crippen LogP contribution in [-0.4, -0.2) is 34.4 Å². The van der Waals surface area contributed by atoms with Gasteiger partial charge in [-0.1, -0.05) is 31.4 Å². The Labute approximate surface area is 200 Å². The lowest BCUT2D eigenvalue weighted by molar-refractivity contribution is 0.0842. The van der Waals surface area contributed by atoms with E-state index in [1.807, 2.05) is 30.3 Å². The molecule has 1 aliphatic carbocycles. The van der Waals surface area contributed by atoms with Crippen LogP contribution in [0.1, 0.15) is 71.3 Å². The van der Waals surface area contributed by atoms with E-state index in [2.05, 4.69) is 33.4 Å². The van der Waals surface area contributed by atoms with Gasteiger partial charge < -0.3 is 10.3 Å². The summed E-state index contributed by atoms with van der Waals surface area (Å²) in [5.74, 6) is -0.0568. The molecule has 0 radical (unpaired) electrons. The largest absolute Gasteiger partial charge is 0.347 e. The van der Waals surface area contributed by atoms with E-state index < -0.39 is 0 Å². The minimum atomic E-state index is -0.208. The van der Waals surface area contributed by atoms with Gasteiger partial charge in [0.2, 0.25) is 0 Å². The standard InChI is InChI=1S/C28H29N5O/c29-17-20-7-8-21-9-13-33(19-22(21)15-20)14-12-28(10-2-1-3-11-28)32-27(34)24-5-4-6-26-25(24)16-23(18-30)31-26/h4-8,15-16,31H,1-3,9-14,19H2,(H,32,34). The summed E-state index contributed by atoms with van der Waals surface area (Å²) in [4.78, 5) is 19.0. The lowest BCUT2D eigenvalue weighted by atomic mass is 9.78. The molecule has 1 aliphatic heterocycles. The van der Waals surface area contributed by atoms with Gasteiger partial charge in [-0.25, -0.2) is 0 Å². The maximum atomic E-state index is 13.5. The number of carbonyl (C=O) groups is 1. The van der Waals surface area contributed by atoms with Crippen molar-refractivity contribution >= 4 is 16.8 Å². The highest BCUT2D eigenvalue weighted by molar-refractivity contribution is 6.07. The van der Waals surface area contributed by atoms with Gasteiger partial charge in [-0.3, -0.25) is 9.69 Å². The van der Waals surface area contributed by atoms with Crippen LogP contribution in [0, 0.1) is 22.7 Å². The van der Waals surface area contributed by atoms with Crippen molar-refractivity contribution in [3.8, 4) is 12.1 Å². The number of nitrogens with zero attached hydrogens (tertiary/aromatic N) is 3. The lowest BCUT2D eigenvalue weighted by Gasteiger charge is -2.40. The molecule has 34 heavy (non-hydrogen) atoms. The van der Waals surface area contributed by atoms with Crippen molar-refractivity contribution in [2.75, 3.05) is 13.1 Å². The topological polar surface area (TPSA) is 95.7 Å². The van der Waals surface area contributed by atoms with Gasteiger partial charge in [0.25, 0.3) is 5.91 Å². The molecule has 2 aromatic carbocycles. The average Bonchev–Trinajstić information content (AvgIpc) is 3.31. The quantitative estimate of drug-likeness (QED) is 0.583. The van der Waals surface area contributed by atoms with E-state index in [-0.39, 0.29) is 11.4 Å². The first-order valence-corrected chi connectivity index (χ1v) is 12.2. The molecule has 5 rings (SSSR count). The third kappa shape index (κ3) is 4.42. The zero-order chi connectivity index (χ0) is 23.5.